The zero-order valence-electron chi connectivity index (χ0n) is 18.3. The van der Waals surface area contributed by atoms with Crippen LogP contribution in [0.25, 0.3) is 10.9 Å². The first-order valence-electron chi connectivity index (χ1n) is 11.0. The molecule has 8 heteroatoms. The van der Waals surface area contributed by atoms with E-state index in [1.165, 1.54) is 0 Å². The Labute approximate surface area is 188 Å². The van der Waals surface area contributed by atoms with Crippen molar-refractivity contribution in [2.24, 2.45) is 0 Å². The Bertz CT molecular complexity index is 1300. The number of piperazine rings is 1. The minimum absolute atomic E-state index is 0.140. The average molecular weight is 454 g/mol. The van der Waals surface area contributed by atoms with Gasteiger partial charge < -0.3 is 14.6 Å². The monoisotopic (exact) mass is 453 g/mol. The van der Waals surface area contributed by atoms with Gasteiger partial charge in [-0.25, -0.2) is 8.42 Å². The lowest BCUT2D eigenvalue weighted by Gasteiger charge is -2.35. The number of Topliss-reactive ketones (excluding diaryl/α,β-unsaturated/α-hetero) is 1. The van der Waals surface area contributed by atoms with E-state index in [0.29, 0.717) is 43.1 Å². The maximum atomic E-state index is 13.5. The number of H-pyrrole nitrogens is 1. The molecule has 7 nitrogen and oxygen atoms in total. The van der Waals surface area contributed by atoms with E-state index in [-0.39, 0.29) is 5.78 Å². The number of methoxy groups -OCH3 is 1. The Morgan fingerprint density at radius 1 is 1.03 bits per heavy atom. The van der Waals surface area contributed by atoms with Crippen LogP contribution in [-0.4, -0.2) is 56.8 Å². The summed E-state index contributed by atoms with van der Waals surface area (Å²) in [5, 5.41) is 0.837. The van der Waals surface area contributed by atoms with Gasteiger partial charge in [-0.15, -0.1) is 0 Å². The quantitative estimate of drug-likeness (QED) is 0.654. The van der Waals surface area contributed by atoms with Crippen molar-refractivity contribution in [1.82, 2.24) is 9.29 Å². The molecule has 1 aromatic heterocycles. The number of anilines is 1. The van der Waals surface area contributed by atoms with Crippen LogP contribution in [-0.2, 0) is 16.4 Å². The second kappa shape index (κ2) is 7.94. The summed E-state index contributed by atoms with van der Waals surface area (Å²) in [6, 6.07) is 11.4. The molecular weight excluding hydrogens is 426 g/mol. The molecule has 0 radical (unpaired) electrons. The zero-order valence-corrected chi connectivity index (χ0v) is 19.2. The van der Waals surface area contributed by atoms with Gasteiger partial charge in [0.05, 0.1) is 12.0 Å². The van der Waals surface area contributed by atoms with Gasteiger partial charge in [0.15, 0.2) is 5.78 Å². The van der Waals surface area contributed by atoms with Gasteiger partial charge in [0.25, 0.3) is 0 Å². The van der Waals surface area contributed by atoms with Gasteiger partial charge in [-0.05, 0) is 49.6 Å². The Morgan fingerprint density at radius 2 is 1.81 bits per heavy atom. The van der Waals surface area contributed by atoms with Crippen LogP contribution in [0.5, 0.6) is 5.75 Å². The van der Waals surface area contributed by atoms with E-state index in [9.17, 15) is 13.2 Å². The van der Waals surface area contributed by atoms with E-state index in [4.69, 9.17) is 4.74 Å². The van der Waals surface area contributed by atoms with E-state index in [0.717, 1.165) is 46.4 Å². The molecule has 1 aliphatic heterocycles. The van der Waals surface area contributed by atoms with Crippen LogP contribution in [0.1, 0.15) is 34.5 Å². The molecule has 2 heterocycles. The number of aromatic nitrogens is 1. The number of nitrogens with zero attached hydrogens (tertiary/aromatic N) is 2. The molecule has 2 aromatic carbocycles. The lowest BCUT2D eigenvalue weighted by Crippen LogP contribution is -2.48. The van der Waals surface area contributed by atoms with Crippen molar-refractivity contribution in [3.8, 4) is 5.75 Å². The SMILES string of the molecule is COc1cccc(N2CCN(S(=O)(=O)c3cc4[nH]c5c(c4cc3C)C(=O)CCC5)CC2)c1. The number of ketones is 1. The molecule has 0 atom stereocenters. The van der Waals surface area contributed by atoms with Gasteiger partial charge in [-0.3, -0.25) is 4.79 Å². The van der Waals surface area contributed by atoms with E-state index in [1.54, 1.807) is 17.5 Å². The highest BCUT2D eigenvalue weighted by Gasteiger charge is 2.31. The molecule has 1 aliphatic carbocycles. The number of aryl methyl sites for hydroxylation is 2. The number of rotatable bonds is 4. The fourth-order valence-electron chi connectivity index (χ4n) is 4.85. The van der Waals surface area contributed by atoms with E-state index in [1.807, 2.05) is 37.3 Å². The van der Waals surface area contributed by atoms with Crippen molar-refractivity contribution in [3.05, 3.63) is 53.2 Å². The number of hydrogen-bond donors (Lipinski definition) is 1. The number of nitrogens with one attached hydrogen (secondary N) is 1. The zero-order chi connectivity index (χ0) is 22.5. The first-order valence-corrected chi connectivity index (χ1v) is 12.4. The van der Waals surface area contributed by atoms with Crippen LogP contribution < -0.4 is 9.64 Å². The van der Waals surface area contributed by atoms with Crippen LogP contribution in [0.3, 0.4) is 0 Å². The second-order valence-electron chi connectivity index (χ2n) is 8.51. The van der Waals surface area contributed by atoms with E-state index in [2.05, 4.69) is 9.88 Å². The lowest BCUT2D eigenvalue weighted by molar-refractivity contribution is 0.0974. The molecule has 168 valence electrons. The van der Waals surface area contributed by atoms with Crippen molar-refractivity contribution < 1.29 is 17.9 Å². The van der Waals surface area contributed by atoms with Crippen LogP contribution in [0.4, 0.5) is 5.69 Å². The Kier molecular flexibility index (Phi) is 5.22. The van der Waals surface area contributed by atoms with Crippen molar-refractivity contribution >= 4 is 32.4 Å². The molecule has 1 N–H and O–H groups in total. The largest absolute Gasteiger partial charge is 0.497 e. The standard InChI is InChI=1S/C24H27N3O4S/c1-16-13-19-21(25-20-7-4-8-22(28)24(19)20)15-23(16)32(29,30)27-11-9-26(10-12-27)17-5-3-6-18(14-17)31-2/h3,5-6,13-15,25H,4,7-12H2,1-2H3. The highest BCUT2D eigenvalue weighted by atomic mass is 32.2. The summed E-state index contributed by atoms with van der Waals surface area (Å²) in [6.07, 6.45) is 2.21. The predicted octanol–water partition coefficient (Wildman–Crippen LogP) is 3.51. The molecule has 1 fully saturated rings. The Balaban J connectivity index is 1.41. The molecule has 0 spiro atoms. The first-order chi connectivity index (χ1) is 15.4. The third-order valence-corrected chi connectivity index (χ3v) is 8.60. The smallest absolute Gasteiger partial charge is 0.243 e. The summed E-state index contributed by atoms with van der Waals surface area (Å²) in [7, 11) is -2.00. The molecule has 32 heavy (non-hydrogen) atoms. The van der Waals surface area contributed by atoms with Crippen LogP contribution >= 0.6 is 0 Å². The Hall–Kier alpha value is -2.84. The average Bonchev–Trinajstić information content (AvgIpc) is 3.17. The number of ether oxygens (including phenoxy) is 1. The molecule has 0 amide bonds. The number of carbonyl (C=O) groups is 1. The third kappa shape index (κ3) is 3.47. The van der Waals surface area contributed by atoms with Crippen LogP contribution in [0.15, 0.2) is 41.3 Å². The summed E-state index contributed by atoms with van der Waals surface area (Å²) in [6.45, 7) is 3.86. The molecule has 0 saturated carbocycles. The first kappa shape index (κ1) is 21.0. The molecule has 3 aromatic rings. The summed E-state index contributed by atoms with van der Waals surface area (Å²) < 4.78 is 33.9. The maximum Gasteiger partial charge on any atom is 0.243 e. The van der Waals surface area contributed by atoms with Crippen LogP contribution in [0.2, 0.25) is 0 Å². The molecule has 0 bridgehead atoms. The van der Waals surface area contributed by atoms with Gasteiger partial charge in [-0.1, -0.05) is 6.07 Å². The van der Waals surface area contributed by atoms with Gasteiger partial charge in [0.2, 0.25) is 10.0 Å². The van der Waals surface area contributed by atoms with Gasteiger partial charge in [0, 0.05) is 66.5 Å². The molecule has 0 unspecified atom stereocenters. The normalized spacial score (nSPS) is 17.6. The number of carbonyl (C=O) groups excluding carboxylic acids is 1. The van der Waals surface area contributed by atoms with Crippen molar-refractivity contribution in [1.29, 1.82) is 0 Å². The van der Waals surface area contributed by atoms with Gasteiger partial charge >= 0.3 is 0 Å². The topological polar surface area (TPSA) is 82.7 Å². The number of fused-ring (bicyclic) bond motifs is 3. The highest BCUT2D eigenvalue weighted by molar-refractivity contribution is 7.89. The second-order valence-corrected chi connectivity index (χ2v) is 10.4. The van der Waals surface area contributed by atoms with Gasteiger partial charge in [0.1, 0.15) is 5.75 Å². The predicted molar refractivity (Wildman–Crippen MR) is 124 cm³/mol. The minimum Gasteiger partial charge on any atom is -0.497 e. The number of aromatic amines is 1. The third-order valence-electron chi connectivity index (χ3n) is 6.56. The molecule has 1 saturated heterocycles. The summed E-state index contributed by atoms with van der Waals surface area (Å²) in [5.41, 5.74) is 4.10. The van der Waals surface area contributed by atoms with Crippen molar-refractivity contribution in [2.75, 3.05) is 38.2 Å². The van der Waals surface area contributed by atoms with Crippen molar-refractivity contribution in [3.63, 3.8) is 0 Å². The summed E-state index contributed by atoms with van der Waals surface area (Å²) in [4.78, 5) is 18.2. The summed E-state index contributed by atoms with van der Waals surface area (Å²) in [5.74, 6) is 0.926. The van der Waals surface area contributed by atoms with E-state index >= 15 is 0 Å². The minimum atomic E-state index is -3.64. The lowest BCUT2D eigenvalue weighted by atomic mass is 9.94. The van der Waals surface area contributed by atoms with Crippen molar-refractivity contribution in [2.45, 2.75) is 31.1 Å². The molecular formula is C24H27N3O4S. The molecule has 2 aliphatic rings. The highest BCUT2D eigenvalue weighted by Crippen LogP contribution is 2.33. The van der Waals surface area contributed by atoms with Crippen LogP contribution in [0, 0.1) is 6.92 Å². The Morgan fingerprint density at radius 3 is 2.56 bits per heavy atom. The van der Waals surface area contributed by atoms with Gasteiger partial charge in [-0.2, -0.15) is 4.31 Å². The fraction of sp³-hybridized carbons (Fsp3) is 0.375. The maximum absolute atomic E-state index is 13.5. The number of sulfonamides is 1. The fourth-order valence-corrected chi connectivity index (χ4v) is 6.51. The summed E-state index contributed by atoms with van der Waals surface area (Å²) >= 11 is 0. The van der Waals surface area contributed by atoms with E-state index < -0.39 is 10.0 Å². The molecule has 5 rings (SSSR count). The number of hydrogen-bond acceptors (Lipinski definition) is 5. The number of benzene rings is 2.